The molecule has 0 bridgehead atoms. The van der Waals surface area contributed by atoms with Gasteiger partial charge in [-0.15, -0.1) is 162 Å². The Labute approximate surface area is 904 Å². The molecule has 0 saturated heterocycles. The normalized spacial score (nSPS) is 12.5. The summed E-state index contributed by atoms with van der Waals surface area (Å²) in [6.45, 7) is 92.3. The van der Waals surface area contributed by atoms with E-state index in [4.69, 9.17) is 35.7 Å². The van der Waals surface area contributed by atoms with Crippen LogP contribution in [0, 0.1) is 108 Å². The first kappa shape index (κ1) is 119. The smallest absolute Gasteiger partial charge is 0.134 e. The summed E-state index contributed by atoms with van der Waals surface area (Å²) in [5.41, 5.74) is 30.1. The molecule has 14 aromatic rings. The molecule has 10 aromatic carbocycles. The molecular formula is C125H162Ir4N12-4. The molecule has 0 unspecified atom stereocenters. The fraction of sp³-hybridized carbons (Fsp3) is 0.456. The van der Waals surface area contributed by atoms with E-state index in [1.165, 1.54) is 94.6 Å². The number of hydrogen-bond acceptors (Lipinski definition) is 8. The molecule has 0 spiro atoms. The summed E-state index contributed by atoms with van der Waals surface area (Å²) < 4.78 is 9.05. The van der Waals surface area contributed by atoms with E-state index in [1.807, 2.05) is 24.3 Å². The van der Waals surface area contributed by atoms with Crippen LogP contribution in [0.1, 0.15) is 343 Å². The van der Waals surface area contributed by atoms with Crippen LogP contribution in [-0.2, 0) is 124 Å². The molecule has 14 rings (SSSR count). The maximum absolute atomic E-state index is 4.85. The summed E-state index contributed by atoms with van der Waals surface area (Å²) in [5.74, 6) is 7.35. The fourth-order valence-corrected chi connectivity index (χ4v) is 20.4. The van der Waals surface area contributed by atoms with Crippen LogP contribution in [-0.4, -0.2) is 59.1 Å². The molecule has 762 valence electrons. The minimum atomic E-state index is -0.179. The van der Waals surface area contributed by atoms with Crippen molar-refractivity contribution < 1.29 is 80.4 Å². The van der Waals surface area contributed by atoms with Gasteiger partial charge in [0, 0.05) is 125 Å². The topological polar surface area (TPSA) is 123 Å². The predicted octanol–water partition coefficient (Wildman–Crippen LogP) is 33.1. The monoisotopic (exact) mass is 2600 g/mol. The summed E-state index contributed by atoms with van der Waals surface area (Å²) in [7, 11) is 0. The van der Waals surface area contributed by atoms with E-state index in [0.717, 1.165) is 117 Å². The second-order valence-electron chi connectivity index (χ2n) is 51.0. The summed E-state index contributed by atoms with van der Waals surface area (Å²) in [6, 6.07) is 81.3. The van der Waals surface area contributed by atoms with Crippen LogP contribution >= 0.6 is 0 Å². The fourth-order valence-electron chi connectivity index (χ4n) is 20.4. The van der Waals surface area contributed by atoms with Gasteiger partial charge in [0.05, 0.1) is 23.3 Å². The van der Waals surface area contributed by atoms with Crippen LogP contribution in [0.5, 0.6) is 0 Å². The molecule has 16 heteroatoms. The Balaban J connectivity index is 0.000000255. The van der Waals surface area contributed by atoms with Crippen LogP contribution in [0.25, 0.3) is 90.6 Å². The molecule has 0 aliphatic rings. The molecule has 4 heterocycles. The van der Waals surface area contributed by atoms with E-state index in [2.05, 4.69) is 495 Å². The molecule has 141 heavy (non-hydrogen) atoms. The number of hydrogen-bond donors (Lipinski definition) is 0. The molecule has 0 aliphatic carbocycles. The molecule has 12 nitrogen and oxygen atoms in total. The number of benzene rings is 10. The Morgan fingerprint density at radius 2 is 0.433 bits per heavy atom. The average Bonchev–Trinajstić information content (AvgIpc) is 1.42. The van der Waals surface area contributed by atoms with Gasteiger partial charge < -0.3 is 18.3 Å². The minimum Gasteiger partial charge on any atom is -0.319 e. The van der Waals surface area contributed by atoms with Crippen molar-refractivity contribution >= 4 is 0 Å². The zero-order valence-electron chi connectivity index (χ0n) is 92.9. The zero-order chi connectivity index (χ0) is 102. The van der Waals surface area contributed by atoms with Gasteiger partial charge in [0.2, 0.25) is 0 Å². The standard InChI is InChI=1S/C38H50N3.C34H42N3.C28H38N3.C25H32N3.4Ir/c1-25-15-14-16-28(19-25)33-39-40-34(38(12,13)24-35(3,4)5)41(33)32-18-17-27(20-26(32)2)29-21-30(36(6,7)8)23-31(22-29)37(9,10)11;1-23-12-11-13-27(20-23)30-35-36-31(34(9,10)22-32(3,4)5)37(30)29-19-16-26(21-24(29)2)25-14-17-28(18-15-25)33(6,7)8;1-19-12-11-13-21(16-19)24-29-30-25(28(9,10)18-26(3,4)5)31(24)23-15-14-22(17-20(23)2)27(6,7)8;1-17-10-9-11-20(15-17)22-26-27-23(25(7,8)16-24(4,5)6)28(22)21-13-12-18(2)14-19(21)3;;;;/h14-15,17-23H,24H2,1-13H3;11-12,14-21H,22H2,1-10H3;11-12,14-17H,18H2,1-10H3;9-10,12-15H,16H2,1-8H3;;;;/q4*-1;;;;. The second-order valence-corrected chi connectivity index (χ2v) is 51.0. The average molecular weight is 2600 g/mol. The number of aryl methyl sites for hydroxylation is 9. The van der Waals surface area contributed by atoms with Gasteiger partial charge in [0.15, 0.2) is 0 Å². The number of nitrogens with zero attached hydrogens (tertiary/aromatic N) is 12. The van der Waals surface area contributed by atoms with E-state index in [1.54, 1.807) is 0 Å². The van der Waals surface area contributed by atoms with Gasteiger partial charge in [-0.3, -0.25) is 0 Å². The van der Waals surface area contributed by atoms with Crippen molar-refractivity contribution in [3.63, 3.8) is 0 Å². The SMILES string of the molecule is Cc1cc[c-]c(-c2nnc(C(C)(C)CC(C)(C)C)n2-c2ccc(-c3cc(C(C)(C)C)cc(C(C)(C)C)c3)cc2C)c1.Cc1cc[c-]c(-c2nnc(C(C)(C)CC(C)(C)C)n2-c2ccc(-c3ccc(C(C)(C)C)cc3)cc2C)c1.Cc1cc[c-]c(-c2nnc(C(C)(C)CC(C)(C)C)n2-c2ccc(C(C)(C)C)cc2C)c1.Cc1cc[c-]c(-c2nnc(C(C)(C)CC(C)(C)C)n2-c2ccc(C)cc2C)c1.[Ir].[Ir].[Ir].[Ir]. The van der Waals surface area contributed by atoms with Gasteiger partial charge in [0.25, 0.3) is 0 Å². The van der Waals surface area contributed by atoms with Crippen molar-refractivity contribution in [2.24, 2.45) is 21.7 Å². The Morgan fingerprint density at radius 1 is 0.206 bits per heavy atom. The van der Waals surface area contributed by atoms with Crippen molar-refractivity contribution in [3.05, 3.63) is 308 Å². The van der Waals surface area contributed by atoms with Gasteiger partial charge in [-0.1, -0.05) is 334 Å². The Kier molecular flexibility index (Phi) is 38.5. The van der Waals surface area contributed by atoms with E-state index < -0.39 is 0 Å². The van der Waals surface area contributed by atoms with Gasteiger partial charge in [-0.2, -0.15) is 20.4 Å². The van der Waals surface area contributed by atoms with Crippen LogP contribution in [0.4, 0.5) is 0 Å². The van der Waals surface area contributed by atoms with E-state index in [-0.39, 0.29) is 145 Å². The molecule has 0 aliphatic heterocycles. The molecular weight excluding hydrogens is 2440 g/mol. The summed E-state index contributed by atoms with van der Waals surface area (Å²) in [4.78, 5) is 0. The molecule has 0 amide bonds. The molecule has 0 atom stereocenters. The molecule has 0 saturated carbocycles. The number of rotatable bonds is 18. The van der Waals surface area contributed by atoms with Crippen molar-refractivity contribution in [2.45, 2.75) is 353 Å². The molecule has 4 radical (unpaired) electrons. The first-order chi connectivity index (χ1) is 63.1. The van der Waals surface area contributed by atoms with Gasteiger partial charge in [0.1, 0.15) is 23.3 Å². The second kappa shape index (κ2) is 45.6. The van der Waals surface area contributed by atoms with Crippen LogP contribution < -0.4 is 0 Å². The largest absolute Gasteiger partial charge is 0.319 e. The molecule has 0 fully saturated rings. The van der Waals surface area contributed by atoms with Crippen molar-refractivity contribution in [1.82, 2.24) is 59.1 Å². The first-order valence-electron chi connectivity index (χ1n) is 49.6. The minimum absolute atomic E-state index is 0. The summed E-state index contributed by atoms with van der Waals surface area (Å²) in [6.07, 6.45) is 4.00. The third-order valence-electron chi connectivity index (χ3n) is 25.6. The Bertz CT molecular complexity index is 6560. The maximum atomic E-state index is 4.85. The molecule has 4 aromatic heterocycles. The van der Waals surface area contributed by atoms with Crippen LogP contribution in [0.3, 0.4) is 0 Å². The van der Waals surface area contributed by atoms with Crippen molar-refractivity contribution in [1.29, 1.82) is 0 Å². The van der Waals surface area contributed by atoms with Gasteiger partial charge in [-0.25, -0.2) is 0 Å². The van der Waals surface area contributed by atoms with Gasteiger partial charge >= 0.3 is 0 Å². The van der Waals surface area contributed by atoms with Gasteiger partial charge in [-0.05, 0) is 207 Å². The summed E-state index contributed by atoms with van der Waals surface area (Å²) in [5, 5.41) is 38.0. The van der Waals surface area contributed by atoms with E-state index in [9.17, 15) is 0 Å². The van der Waals surface area contributed by atoms with Crippen LogP contribution in [0.2, 0.25) is 0 Å². The summed E-state index contributed by atoms with van der Waals surface area (Å²) >= 11 is 0. The Morgan fingerprint density at radius 3 is 0.674 bits per heavy atom. The third kappa shape index (κ3) is 30.3. The van der Waals surface area contributed by atoms with E-state index >= 15 is 0 Å². The number of aromatic nitrogens is 12. The van der Waals surface area contributed by atoms with E-state index in [0.29, 0.717) is 0 Å². The van der Waals surface area contributed by atoms with Crippen LogP contribution in [0.15, 0.2) is 188 Å². The molecule has 0 N–H and O–H groups in total. The third-order valence-corrected chi connectivity index (χ3v) is 25.6. The maximum Gasteiger partial charge on any atom is 0.134 e. The first-order valence-corrected chi connectivity index (χ1v) is 49.6. The van der Waals surface area contributed by atoms with Crippen molar-refractivity contribution in [2.75, 3.05) is 0 Å². The Hall–Kier alpha value is -8.64. The quantitative estimate of drug-likeness (QED) is 0.0779. The zero-order valence-corrected chi connectivity index (χ0v) is 103. The predicted molar refractivity (Wildman–Crippen MR) is 579 cm³/mol. The van der Waals surface area contributed by atoms with Crippen molar-refractivity contribution in [3.8, 4) is 90.6 Å².